The average molecular weight is 362 g/mol. The Labute approximate surface area is 159 Å². The molecule has 1 aromatic heterocycles. The number of aromatic nitrogens is 1. The fourth-order valence-corrected chi connectivity index (χ4v) is 2.90. The first-order valence-corrected chi connectivity index (χ1v) is 8.41. The van der Waals surface area contributed by atoms with Crippen LogP contribution in [0.3, 0.4) is 0 Å². The molecule has 1 amide bonds. The number of carbonyl (C=O) groups excluding carboxylic acids is 1. The van der Waals surface area contributed by atoms with Crippen LogP contribution in [0.4, 0.5) is 0 Å². The lowest BCUT2D eigenvalue weighted by Crippen LogP contribution is -2.26. The van der Waals surface area contributed by atoms with Gasteiger partial charge in [0.15, 0.2) is 11.5 Å². The van der Waals surface area contributed by atoms with Crippen LogP contribution in [0.5, 0.6) is 11.5 Å². The van der Waals surface area contributed by atoms with Crippen molar-refractivity contribution in [2.24, 2.45) is 0 Å². The lowest BCUT2D eigenvalue weighted by molar-refractivity contribution is 0.0939. The molecule has 138 valence electrons. The molecule has 0 bridgehead atoms. The first kappa shape index (κ1) is 18.5. The van der Waals surface area contributed by atoms with Gasteiger partial charge < -0.3 is 14.8 Å². The van der Waals surface area contributed by atoms with Crippen LogP contribution in [0.2, 0.25) is 0 Å². The fourth-order valence-electron chi connectivity index (χ4n) is 2.90. The molecule has 0 aliphatic carbocycles. The Balaban J connectivity index is 0.00000210. The SMILES string of the molecule is C.C[C@H](NC(=O)c1cncc(-c2ccc3c(c2)OCO3)c1)c1ccccc1. The molecule has 0 radical (unpaired) electrons. The molecule has 0 saturated heterocycles. The van der Waals surface area contributed by atoms with E-state index in [0.29, 0.717) is 11.3 Å². The third-order valence-electron chi connectivity index (χ3n) is 4.35. The highest BCUT2D eigenvalue weighted by Gasteiger charge is 2.16. The molecule has 0 fully saturated rings. The highest BCUT2D eigenvalue weighted by atomic mass is 16.7. The number of carbonyl (C=O) groups is 1. The van der Waals surface area contributed by atoms with Gasteiger partial charge >= 0.3 is 0 Å². The molecule has 27 heavy (non-hydrogen) atoms. The van der Waals surface area contributed by atoms with E-state index in [0.717, 1.165) is 22.4 Å². The van der Waals surface area contributed by atoms with E-state index in [2.05, 4.69) is 10.3 Å². The van der Waals surface area contributed by atoms with Crippen molar-refractivity contribution in [1.82, 2.24) is 10.3 Å². The van der Waals surface area contributed by atoms with Crippen LogP contribution in [-0.4, -0.2) is 17.7 Å². The van der Waals surface area contributed by atoms with E-state index in [9.17, 15) is 4.79 Å². The lowest BCUT2D eigenvalue weighted by atomic mass is 10.0. The van der Waals surface area contributed by atoms with Crippen LogP contribution >= 0.6 is 0 Å². The Hall–Kier alpha value is -3.34. The van der Waals surface area contributed by atoms with Crippen molar-refractivity contribution in [3.05, 3.63) is 78.1 Å². The zero-order valence-corrected chi connectivity index (χ0v) is 14.3. The minimum Gasteiger partial charge on any atom is -0.454 e. The van der Waals surface area contributed by atoms with E-state index in [1.54, 1.807) is 12.4 Å². The summed E-state index contributed by atoms with van der Waals surface area (Å²) in [6.07, 6.45) is 3.30. The van der Waals surface area contributed by atoms with Crippen molar-refractivity contribution in [2.45, 2.75) is 20.4 Å². The molecule has 2 heterocycles. The van der Waals surface area contributed by atoms with Gasteiger partial charge in [-0.3, -0.25) is 9.78 Å². The maximum absolute atomic E-state index is 12.6. The summed E-state index contributed by atoms with van der Waals surface area (Å²) in [7, 11) is 0. The van der Waals surface area contributed by atoms with E-state index in [4.69, 9.17) is 9.47 Å². The smallest absolute Gasteiger partial charge is 0.253 e. The number of benzene rings is 2. The predicted molar refractivity (Wildman–Crippen MR) is 105 cm³/mol. The summed E-state index contributed by atoms with van der Waals surface area (Å²) in [6.45, 7) is 2.19. The highest BCUT2D eigenvalue weighted by Crippen LogP contribution is 2.35. The molecule has 0 spiro atoms. The van der Waals surface area contributed by atoms with Crippen molar-refractivity contribution in [1.29, 1.82) is 0 Å². The molecule has 4 rings (SSSR count). The Morgan fingerprint density at radius 3 is 2.59 bits per heavy atom. The largest absolute Gasteiger partial charge is 0.454 e. The van der Waals surface area contributed by atoms with E-state index in [1.165, 1.54) is 0 Å². The minimum absolute atomic E-state index is 0. The van der Waals surface area contributed by atoms with E-state index >= 15 is 0 Å². The molecule has 0 saturated carbocycles. The van der Waals surface area contributed by atoms with Gasteiger partial charge in [-0.15, -0.1) is 0 Å². The summed E-state index contributed by atoms with van der Waals surface area (Å²) in [5.74, 6) is 1.28. The first-order valence-electron chi connectivity index (χ1n) is 8.41. The number of pyridine rings is 1. The highest BCUT2D eigenvalue weighted by molar-refractivity contribution is 5.95. The average Bonchev–Trinajstić information content (AvgIpc) is 3.16. The molecule has 1 aliphatic heterocycles. The second-order valence-corrected chi connectivity index (χ2v) is 6.14. The quantitative estimate of drug-likeness (QED) is 0.737. The number of fused-ring (bicyclic) bond motifs is 1. The molecule has 1 atom stereocenters. The number of ether oxygens (including phenoxy) is 2. The van der Waals surface area contributed by atoms with Gasteiger partial charge in [0.2, 0.25) is 6.79 Å². The van der Waals surface area contributed by atoms with Crippen molar-refractivity contribution in [3.8, 4) is 22.6 Å². The molecule has 0 unspecified atom stereocenters. The Bertz CT molecular complexity index is 941. The van der Waals surface area contributed by atoms with Gasteiger partial charge in [0.05, 0.1) is 11.6 Å². The van der Waals surface area contributed by atoms with Crippen molar-refractivity contribution in [3.63, 3.8) is 0 Å². The van der Waals surface area contributed by atoms with Gasteiger partial charge in [-0.25, -0.2) is 0 Å². The van der Waals surface area contributed by atoms with Gasteiger partial charge in [0.25, 0.3) is 5.91 Å². The Morgan fingerprint density at radius 2 is 1.78 bits per heavy atom. The number of hydrogen-bond donors (Lipinski definition) is 1. The maximum Gasteiger partial charge on any atom is 0.253 e. The summed E-state index contributed by atoms with van der Waals surface area (Å²) in [6, 6.07) is 17.3. The fraction of sp³-hybridized carbons (Fsp3) is 0.182. The van der Waals surface area contributed by atoms with Crippen LogP contribution in [0.25, 0.3) is 11.1 Å². The molecule has 2 aromatic carbocycles. The number of amides is 1. The number of hydrogen-bond acceptors (Lipinski definition) is 4. The lowest BCUT2D eigenvalue weighted by Gasteiger charge is -2.14. The van der Waals surface area contributed by atoms with E-state index in [-0.39, 0.29) is 26.2 Å². The summed E-state index contributed by atoms with van der Waals surface area (Å²) in [5, 5.41) is 3.01. The molecule has 1 N–H and O–H groups in total. The van der Waals surface area contributed by atoms with Crippen LogP contribution in [0.1, 0.15) is 36.3 Å². The van der Waals surface area contributed by atoms with Crippen molar-refractivity contribution in [2.75, 3.05) is 6.79 Å². The number of rotatable bonds is 4. The van der Waals surface area contributed by atoms with Crippen LogP contribution < -0.4 is 14.8 Å². The third kappa shape index (κ3) is 3.92. The monoisotopic (exact) mass is 362 g/mol. The molecule has 3 aromatic rings. The maximum atomic E-state index is 12.6. The van der Waals surface area contributed by atoms with Gasteiger partial charge in [0, 0.05) is 18.0 Å². The molecule has 5 heteroatoms. The first-order chi connectivity index (χ1) is 12.7. The topological polar surface area (TPSA) is 60.5 Å². The van der Waals surface area contributed by atoms with Crippen LogP contribution in [0.15, 0.2) is 67.0 Å². The second-order valence-electron chi connectivity index (χ2n) is 6.14. The Morgan fingerprint density at radius 1 is 1.00 bits per heavy atom. The summed E-state index contributed by atoms with van der Waals surface area (Å²) in [5.41, 5.74) is 3.35. The predicted octanol–water partition coefficient (Wildman–Crippen LogP) is 4.60. The van der Waals surface area contributed by atoms with E-state index < -0.39 is 0 Å². The summed E-state index contributed by atoms with van der Waals surface area (Å²) in [4.78, 5) is 16.8. The van der Waals surface area contributed by atoms with Gasteiger partial charge in [-0.05, 0) is 36.2 Å². The molecule has 1 aliphatic rings. The molecular weight excluding hydrogens is 340 g/mol. The molecule has 5 nitrogen and oxygen atoms in total. The second kappa shape index (κ2) is 7.91. The standard InChI is InChI=1S/C21H18N2O3.CH4/c1-14(15-5-3-2-4-6-15)23-21(24)18-9-17(11-22-12-18)16-7-8-19-20(10-16)26-13-25-19;/h2-12,14H,13H2,1H3,(H,23,24);1H4/t14-;/m0./s1. The van der Waals surface area contributed by atoms with Crippen molar-refractivity contribution < 1.29 is 14.3 Å². The van der Waals surface area contributed by atoms with Crippen LogP contribution in [-0.2, 0) is 0 Å². The van der Waals surface area contributed by atoms with Gasteiger partial charge in [-0.2, -0.15) is 0 Å². The summed E-state index contributed by atoms with van der Waals surface area (Å²) >= 11 is 0. The van der Waals surface area contributed by atoms with Gasteiger partial charge in [-0.1, -0.05) is 43.8 Å². The zero-order chi connectivity index (χ0) is 17.9. The van der Waals surface area contributed by atoms with Crippen molar-refractivity contribution >= 4 is 5.91 Å². The van der Waals surface area contributed by atoms with E-state index in [1.807, 2.05) is 61.5 Å². The molecular formula is C22H22N2O3. The summed E-state index contributed by atoms with van der Waals surface area (Å²) < 4.78 is 10.8. The normalized spacial score (nSPS) is 12.8. The minimum atomic E-state index is -0.156. The van der Waals surface area contributed by atoms with Crippen LogP contribution in [0, 0.1) is 0 Å². The van der Waals surface area contributed by atoms with Gasteiger partial charge in [0.1, 0.15) is 0 Å². The number of nitrogens with zero attached hydrogens (tertiary/aromatic N) is 1. The third-order valence-corrected chi connectivity index (χ3v) is 4.35. The Kier molecular flexibility index (Phi) is 5.41. The number of nitrogens with one attached hydrogen (secondary N) is 1. The zero-order valence-electron chi connectivity index (χ0n) is 14.3.